The van der Waals surface area contributed by atoms with Crippen molar-refractivity contribution in [2.45, 2.75) is 32.3 Å². The number of amides is 1. The molecule has 1 amide bonds. The van der Waals surface area contributed by atoms with Gasteiger partial charge in [0.15, 0.2) is 0 Å². The maximum atomic E-state index is 12.9. The van der Waals surface area contributed by atoms with E-state index < -0.39 is 11.5 Å². The van der Waals surface area contributed by atoms with Gasteiger partial charge >= 0.3 is 0 Å². The van der Waals surface area contributed by atoms with E-state index in [-0.39, 0.29) is 5.91 Å². The quantitative estimate of drug-likeness (QED) is 0.821. The molecule has 134 valence electrons. The first-order valence-electron chi connectivity index (χ1n) is 8.78. The van der Waals surface area contributed by atoms with E-state index in [1.165, 1.54) is 0 Å². The molecule has 1 fully saturated rings. The number of hydrogen-bond donors (Lipinski definition) is 1. The van der Waals surface area contributed by atoms with Crippen molar-refractivity contribution in [1.82, 2.24) is 9.80 Å². The van der Waals surface area contributed by atoms with Gasteiger partial charge in [0.2, 0.25) is 5.91 Å². The Hall–Kier alpha value is -1.43. The molecule has 1 aliphatic rings. The van der Waals surface area contributed by atoms with Crippen LogP contribution in [0.4, 0.5) is 0 Å². The van der Waals surface area contributed by atoms with Crippen LogP contribution in [-0.4, -0.2) is 72.9 Å². The molecule has 1 atom stereocenters. The zero-order valence-corrected chi connectivity index (χ0v) is 15.1. The normalized spacial score (nSPS) is 17.8. The average Bonchev–Trinajstić information content (AvgIpc) is 2.60. The Morgan fingerprint density at radius 3 is 2.42 bits per heavy atom. The molecule has 1 aromatic rings. The smallest absolute Gasteiger partial charge is 0.232 e. The molecular weight excluding hydrogens is 304 g/mol. The number of benzene rings is 1. The summed E-state index contributed by atoms with van der Waals surface area (Å²) in [6.07, 6.45) is -0.465. The molecule has 5 nitrogen and oxygen atoms in total. The van der Waals surface area contributed by atoms with Gasteiger partial charge in [0.25, 0.3) is 0 Å². The zero-order valence-electron chi connectivity index (χ0n) is 15.1. The second-order valence-electron chi connectivity index (χ2n) is 6.90. The number of β-amino-alcohol motifs (C(OH)–C–C–N with tert-alkyl or cyclic N) is 1. The van der Waals surface area contributed by atoms with Crippen LogP contribution < -0.4 is 0 Å². The minimum atomic E-state index is -0.516. The molecule has 0 bridgehead atoms. The summed E-state index contributed by atoms with van der Waals surface area (Å²) in [5.41, 5.74) is 0.530. The van der Waals surface area contributed by atoms with Gasteiger partial charge < -0.3 is 14.7 Å². The topological polar surface area (TPSA) is 53.0 Å². The lowest BCUT2D eigenvalue weighted by Crippen LogP contribution is -2.54. The van der Waals surface area contributed by atoms with Gasteiger partial charge in [-0.3, -0.25) is 9.69 Å². The summed E-state index contributed by atoms with van der Waals surface area (Å²) in [4.78, 5) is 17.1. The number of carbonyl (C=O) groups excluding carboxylic acids is 1. The van der Waals surface area contributed by atoms with Gasteiger partial charge in [-0.15, -0.1) is 0 Å². The largest absolute Gasteiger partial charge is 0.389 e. The van der Waals surface area contributed by atoms with Crippen molar-refractivity contribution >= 4 is 5.91 Å². The van der Waals surface area contributed by atoms with Crippen LogP contribution in [0.1, 0.15) is 26.3 Å². The summed E-state index contributed by atoms with van der Waals surface area (Å²) < 4.78 is 5.25. The lowest BCUT2D eigenvalue weighted by molar-refractivity contribution is -0.138. The number of hydrogen-bond acceptors (Lipinski definition) is 4. The van der Waals surface area contributed by atoms with Crippen molar-refractivity contribution < 1.29 is 14.6 Å². The lowest BCUT2D eigenvalue weighted by Gasteiger charge is -2.39. The van der Waals surface area contributed by atoms with E-state index in [0.29, 0.717) is 32.8 Å². The van der Waals surface area contributed by atoms with Gasteiger partial charge in [-0.25, -0.2) is 0 Å². The fraction of sp³-hybridized carbons (Fsp3) is 0.632. The highest BCUT2D eigenvalue weighted by Crippen LogP contribution is 2.26. The Bertz CT molecular complexity index is 511. The van der Waals surface area contributed by atoms with Crippen LogP contribution in [0.5, 0.6) is 0 Å². The van der Waals surface area contributed by atoms with Gasteiger partial charge in [-0.05, 0) is 26.3 Å². The third-order valence-electron chi connectivity index (χ3n) is 4.67. The summed E-state index contributed by atoms with van der Waals surface area (Å²) in [5.74, 6) is 0.170. The second kappa shape index (κ2) is 8.60. The first kappa shape index (κ1) is 18.9. The van der Waals surface area contributed by atoms with Crippen LogP contribution in [0.15, 0.2) is 30.3 Å². The third-order valence-corrected chi connectivity index (χ3v) is 4.67. The average molecular weight is 334 g/mol. The van der Waals surface area contributed by atoms with Crippen LogP contribution in [0.2, 0.25) is 0 Å². The van der Waals surface area contributed by atoms with Crippen molar-refractivity contribution in [3.63, 3.8) is 0 Å². The number of rotatable bonds is 7. The molecule has 0 saturated carbocycles. The molecule has 24 heavy (non-hydrogen) atoms. The lowest BCUT2D eigenvalue weighted by atomic mass is 9.83. The Morgan fingerprint density at radius 1 is 1.21 bits per heavy atom. The van der Waals surface area contributed by atoms with Gasteiger partial charge in [0.05, 0.1) is 18.1 Å². The highest BCUT2D eigenvalue weighted by atomic mass is 16.5. The summed E-state index contributed by atoms with van der Waals surface area (Å²) in [6, 6.07) is 9.94. The molecule has 1 saturated heterocycles. The molecule has 5 heteroatoms. The number of aliphatic hydroxyl groups is 1. The van der Waals surface area contributed by atoms with Gasteiger partial charge in [-0.2, -0.15) is 0 Å². The first-order chi connectivity index (χ1) is 11.4. The number of carbonyl (C=O) groups is 1. The van der Waals surface area contributed by atoms with Gasteiger partial charge in [0, 0.05) is 39.3 Å². The third kappa shape index (κ3) is 4.79. The fourth-order valence-electron chi connectivity index (χ4n) is 3.11. The SMILES string of the molecule is CCOCC(O)CN1CCN(C(=O)C(C)(C)c2ccccc2)CC1. The van der Waals surface area contributed by atoms with E-state index in [1.54, 1.807) is 0 Å². The molecule has 0 radical (unpaired) electrons. The Labute approximate surface area is 145 Å². The van der Waals surface area contributed by atoms with Crippen molar-refractivity contribution in [3.05, 3.63) is 35.9 Å². The number of nitrogens with zero attached hydrogens (tertiary/aromatic N) is 2. The van der Waals surface area contributed by atoms with Gasteiger partial charge in [-0.1, -0.05) is 30.3 Å². The summed E-state index contributed by atoms with van der Waals surface area (Å²) in [5, 5.41) is 9.94. The highest BCUT2D eigenvalue weighted by molar-refractivity contribution is 5.87. The van der Waals surface area contributed by atoms with Crippen molar-refractivity contribution in [3.8, 4) is 0 Å². The van der Waals surface area contributed by atoms with E-state index in [4.69, 9.17) is 4.74 Å². The predicted octanol–water partition coefficient (Wildman–Crippen LogP) is 1.51. The van der Waals surface area contributed by atoms with E-state index in [1.807, 2.05) is 56.0 Å². The molecule has 0 spiro atoms. The molecule has 2 rings (SSSR count). The Morgan fingerprint density at radius 2 is 1.83 bits per heavy atom. The molecular formula is C19H30N2O3. The minimum absolute atomic E-state index is 0.170. The predicted molar refractivity (Wildman–Crippen MR) is 95.0 cm³/mol. The molecule has 1 heterocycles. The molecule has 1 aliphatic heterocycles. The number of ether oxygens (including phenoxy) is 1. The van der Waals surface area contributed by atoms with Crippen molar-refractivity contribution in [2.24, 2.45) is 0 Å². The van der Waals surface area contributed by atoms with Crippen LogP contribution in [0, 0.1) is 0 Å². The Kier molecular flexibility index (Phi) is 6.78. The van der Waals surface area contributed by atoms with Crippen LogP contribution in [-0.2, 0) is 14.9 Å². The maximum absolute atomic E-state index is 12.9. The van der Waals surface area contributed by atoms with E-state index in [0.717, 1.165) is 18.7 Å². The zero-order chi connectivity index (χ0) is 17.6. The molecule has 0 aromatic heterocycles. The van der Waals surface area contributed by atoms with Crippen LogP contribution >= 0.6 is 0 Å². The number of aliphatic hydroxyl groups excluding tert-OH is 1. The fourth-order valence-corrected chi connectivity index (χ4v) is 3.11. The molecule has 1 aromatic carbocycles. The second-order valence-corrected chi connectivity index (χ2v) is 6.90. The number of piperazine rings is 1. The van der Waals surface area contributed by atoms with Crippen molar-refractivity contribution in [2.75, 3.05) is 45.9 Å². The summed E-state index contributed by atoms with van der Waals surface area (Å²) >= 11 is 0. The molecule has 0 aliphatic carbocycles. The highest BCUT2D eigenvalue weighted by Gasteiger charge is 2.35. The minimum Gasteiger partial charge on any atom is -0.389 e. The van der Waals surface area contributed by atoms with Crippen LogP contribution in [0.3, 0.4) is 0 Å². The first-order valence-corrected chi connectivity index (χ1v) is 8.78. The molecule has 1 N–H and O–H groups in total. The Balaban J connectivity index is 1.86. The molecule has 1 unspecified atom stereocenters. The van der Waals surface area contributed by atoms with Gasteiger partial charge in [0.1, 0.15) is 0 Å². The standard InChI is InChI=1S/C19H30N2O3/c1-4-24-15-17(22)14-20-10-12-21(13-11-20)18(23)19(2,3)16-8-6-5-7-9-16/h5-9,17,22H,4,10-15H2,1-3H3. The van der Waals surface area contributed by atoms with E-state index in [2.05, 4.69) is 4.90 Å². The maximum Gasteiger partial charge on any atom is 0.232 e. The summed E-state index contributed by atoms with van der Waals surface area (Å²) in [6.45, 7) is 10.5. The van der Waals surface area contributed by atoms with E-state index >= 15 is 0 Å². The van der Waals surface area contributed by atoms with E-state index in [9.17, 15) is 9.90 Å². The monoisotopic (exact) mass is 334 g/mol. The summed E-state index contributed by atoms with van der Waals surface area (Å²) in [7, 11) is 0. The van der Waals surface area contributed by atoms with Crippen LogP contribution in [0.25, 0.3) is 0 Å². The van der Waals surface area contributed by atoms with Crippen molar-refractivity contribution in [1.29, 1.82) is 0 Å².